The molecule has 0 radical (unpaired) electrons. The summed E-state index contributed by atoms with van der Waals surface area (Å²) in [5, 5.41) is 12.6. The topological polar surface area (TPSA) is 35.5 Å². The van der Waals surface area contributed by atoms with E-state index in [9.17, 15) is 0 Å². The van der Waals surface area contributed by atoms with E-state index in [-0.39, 0.29) is 6.61 Å². The smallest absolute Gasteiger partial charge is 0.0558 e. The number of nitrogens with one attached hydrogen (secondary N) is 1. The van der Waals surface area contributed by atoms with Crippen molar-refractivity contribution in [2.45, 2.75) is 26.8 Å². The van der Waals surface area contributed by atoms with Crippen molar-refractivity contribution in [1.29, 1.82) is 0 Å². The van der Waals surface area contributed by atoms with Gasteiger partial charge in [0.25, 0.3) is 0 Å². The Morgan fingerprint density at radius 2 is 2.00 bits per heavy atom. The zero-order valence-corrected chi connectivity index (χ0v) is 13.5. The van der Waals surface area contributed by atoms with Gasteiger partial charge in [0.2, 0.25) is 0 Å². The number of aliphatic hydroxyl groups is 1. The van der Waals surface area contributed by atoms with Crippen LogP contribution in [0.15, 0.2) is 36.9 Å². The average molecular weight is 290 g/mol. The third-order valence-electron chi connectivity index (χ3n) is 3.44. The summed E-state index contributed by atoms with van der Waals surface area (Å²) in [6.45, 7) is 12.9. The van der Waals surface area contributed by atoms with Gasteiger partial charge in [-0.3, -0.25) is 4.90 Å². The third-order valence-corrected chi connectivity index (χ3v) is 3.44. The van der Waals surface area contributed by atoms with E-state index in [2.05, 4.69) is 54.9 Å². The number of benzene rings is 1. The van der Waals surface area contributed by atoms with Crippen LogP contribution in [-0.2, 0) is 13.0 Å². The molecule has 0 bridgehead atoms. The molecule has 0 fully saturated rings. The number of nitrogens with zero attached hydrogens (tertiary/aromatic N) is 1. The van der Waals surface area contributed by atoms with Crippen molar-refractivity contribution >= 4 is 0 Å². The maximum absolute atomic E-state index is 9.15. The Labute approximate surface area is 129 Å². The fraction of sp³-hybridized carbons (Fsp3) is 0.556. The van der Waals surface area contributed by atoms with Crippen molar-refractivity contribution in [3.63, 3.8) is 0 Å². The van der Waals surface area contributed by atoms with Crippen LogP contribution in [0, 0.1) is 5.92 Å². The minimum Gasteiger partial charge on any atom is -0.395 e. The van der Waals surface area contributed by atoms with Gasteiger partial charge in [-0.15, -0.1) is 6.58 Å². The molecule has 1 aromatic carbocycles. The molecule has 0 heterocycles. The molecule has 1 aromatic rings. The zero-order valence-electron chi connectivity index (χ0n) is 13.5. The summed E-state index contributed by atoms with van der Waals surface area (Å²) in [7, 11) is 0. The molecule has 0 aromatic heterocycles. The van der Waals surface area contributed by atoms with Gasteiger partial charge in [-0.1, -0.05) is 44.2 Å². The van der Waals surface area contributed by atoms with Crippen LogP contribution in [0.5, 0.6) is 0 Å². The van der Waals surface area contributed by atoms with Crippen molar-refractivity contribution in [2.24, 2.45) is 5.92 Å². The van der Waals surface area contributed by atoms with Crippen LogP contribution in [0.3, 0.4) is 0 Å². The monoisotopic (exact) mass is 290 g/mol. The summed E-state index contributed by atoms with van der Waals surface area (Å²) in [6.07, 6.45) is 2.94. The van der Waals surface area contributed by atoms with Crippen LogP contribution >= 0.6 is 0 Å². The fourth-order valence-electron chi connectivity index (χ4n) is 2.37. The molecule has 0 aliphatic heterocycles. The van der Waals surface area contributed by atoms with Gasteiger partial charge in [-0.25, -0.2) is 0 Å². The first-order valence-corrected chi connectivity index (χ1v) is 7.89. The van der Waals surface area contributed by atoms with Gasteiger partial charge in [0, 0.05) is 19.6 Å². The van der Waals surface area contributed by atoms with Crippen LogP contribution in [0.1, 0.15) is 25.0 Å². The van der Waals surface area contributed by atoms with E-state index in [0.29, 0.717) is 12.5 Å². The molecule has 3 heteroatoms. The SMILES string of the molecule is C=CCN(CCO)Cc1ccccc1CCNCC(C)C. The highest BCUT2D eigenvalue weighted by atomic mass is 16.3. The number of hydrogen-bond acceptors (Lipinski definition) is 3. The lowest BCUT2D eigenvalue weighted by molar-refractivity contribution is 0.203. The molecule has 0 unspecified atom stereocenters. The molecule has 1 rings (SSSR count). The summed E-state index contributed by atoms with van der Waals surface area (Å²) in [6, 6.07) is 8.58. The van der Waals surface area contributed by atoms with Crippen LogP contribution in [0.2, 0.25) is 0 Å². The Hall–Kier alpha value is -1.16. The molecule has 0 spiro atoms. The standard InChI is InChI=1S/C18H30N2O/c1-4-11-20(12-13-21)15-18-8-6-5-7-17(18)9-10-19-14-16(2)3/h4-8,16,19,21H,1,9-15H2,2-3H3. The summed E-state index contributed by atoms with van der Waals surface area (Å²) >= 11 is 0. The van der Waals surface area contributed by atoms with E-state index < -0.39 is 0 Å². The molecule has 0 aliphatic carbocycles. The van der Waals surface area contributed by atoms with Gasteiger partial charge in [-0.05, 0) is 36.6 Å². The van der Waals surface area contributed by atoms with Gasteiger partial charge in [0.15, 0.2) is 0 Å². The van der Waals surface area contributed by atoms with Crippen LogP contribution < -0.4 is 5.32 Å². The van der Waals surface area contributed by atoms with Crippen molar-refractivity contribution in [1.82, 2.24) is 10.2 Å². The summed E-state index contributed by atoms with van der Waals surface area (Å²) in [4.78, 5) is 2.22. The van der Waals surface area contributed by atoms with Gasteiger partial charge in [-0.2, -0.15) is 0 Å². The summed E-state index contributed by atoms with van der Waals surface area (Å²) in [5.41, 5.74) is 2.74. The first-order chi connectivity index (χ1) is 10.2. The Morgan fingerprint density at radius 3 is 2.62 bits per heavy atom. The molecular formula is C18H30N2O. The third kappa shape index (κ3) is 7.42. The quantitative estimate of drug-likeness (QED) is 0.485. The molecule has 0 amide bonds. The second-order valence-electron chi connectivity index (χ2n) is 5.86. The first kappa shape index (κ1) is 17.9. The summed E-state index contributed by atoms with van der Waals surface area (Å²) < 4.78 is 0. The summed E-state index contributed by atoms with van der Waals surface area (Å²) in [5.74, 6) is 0.688. The number of rotatable bonds is 11. The minimum atomic E-state index is 0.186. The predicted octanol–water partition coefficient (Wildman–Crippen LogP) is 2.46. The number of hydrogen-bond donors (Lipinski definition) is 2. The largest absolute Gasteiger partial charge is 0.395 e. The zero-order chi connectivity index (χ0) is 15.5. The molecule has 2 N–H and O–H groups in total. The Balaban J connectivity index is 2.58. The van der Waals surface area contributed by atoms with E-state index in [1.165, 1.54) is 11.1 Å². The van der Waals surface area contributed by atoms with E-state index in [4.69, 9.17) is 5.11 Å². The Kier molecular flexibility index (Phi) is 8.99. The van der Waals surface area contributed by atoms with Crippen LogP contribution in [-0.4, -0.2) is 42.8 Å². The Morgan fingerprint density at radius 1 is 1.29 bits per heavy atom. The lowest BCUT2D eigenvalue weighted by Crippen LogP contribution is -2.27. The highest BCUT2D eigenvalue weighted by Crippen LogP contribution is 2.12. The van der Waals surface area contributed by atoms with Crippen LogP contribution in [0.25, 0.3) is 0 Å². The average Bonchev–Trinajstić information content (AvgIpc) is 2.45. The molecule has 0 aliphatic rings. The van der Waals surface area contributed by atoms with Crippen molar-refractivity contribution < 1.29 is 5.11 Å². The number of aliphatic hydroxyl groups excluding tert-OH is 1. The minimum absolute atomic E-state index is 0.186. The normalized spacial score (nSPS) is 11.3. The van der Waals surface area contributed by atoms with Crippen molar-refractivity contribution in [2.75, 3.05) is 32.8 Å². The van der Waals surface area contributed by atoms with Crippen molar-refractivity contribution in [3.05, 3.63) is 48.0 Å². The van der Waals surface area contributed by atoms with E-state index in [1.807, 2.05) is 6.08 Å². The first-order valence-electron chi connectivity index (χ1n) is 7.89. The van der Waals surface area contributed by atoms with Crippen molar-refractivity contribution in [3.8, 4) is 0 Å². The second-order valence-corrected chi connectivity index (χ2v) is 5.86. The molecule has 0 atom stereocenters. The second kappa shape index (κ2) is 10.6. The predicted molar refractivity (Wildman–Crippen MR) is 90.4 cm³/mol. The fourth-order valence-corrected chi connectivity index (χ4v) is 2.37. The van der Waals surface area contributed by atoms with E-state index in [1.54, 1.807) is 0 Å². The molecular weight excluding hydrogens is 260 g/mol. The maximum Gasteiger partial charge on any atom is 0.0558 e. The highest BCUT2D eigenvalue weighted by Gasteiger charge is 2.07. The molecule has 0 saturated heterocycles. The van der Waals surface area contributed by atoms with Gasteiger partial charge >= 0.3 is 0 Å². The van der Waals surface area contributed by atoms with Gasteiger partial charge < -0.3 is 10.4 Å². The van der Waals surface area contributed by atoms with E-state index in [0.717, 1.165) is 32.6 Å². The molecule has 118 valence electrons. The van der Waals surface area contributed by atoms with E-state index >= 15 is 0 Å². The molecule has 21 heavy (non-hydrogen) atoms. The Bertz CT molecular complexity index is 404. The molecule has 0 saturated carbocycles. The van der Waals surface area contributed by atoms with Crippen LogP contribution in [0.4, 0.5) is 0 Å². The molecule has 3 nitrogen and oxygen atoms in total. The lowest BCUT2D eigenvalue weighted by atomic mass is 10.0. The highest BCUT2D eigenvalue weighted by molar-refractivity contribution is 5.27. The van der Waals surface area contributed by atoms with Gasteiger partial charge in [0.05, 0.1) is 6.61 Å². The van der Waals surface area contributed by atoms with Gasteiger partial charge in [0.1, 0.15) is 0 Å². The maximum atomic E-state index is 9.15. The lowest BCUT2D eigenvalue weighted by Gasteiger charge is -2.21.